The molecule has 0 aliphatic carbocycles. The third-order valence-electron chi connectivity index (χ3n) is 1.58. The number of anilines is 1. The summed E-state index contributed by atoms with van der Waals surface area (Å²) in [6, 6.07) is 0. The Morgan fingerprint density at radius 3 is 2.50 bits per heavy atom. The largest absolute Gasteiger partial charge is 1.00 e. The van der Waals surface area contributed by atoms with Crippen LogP contribution in [0.15, 0.2) is 0 Å². The van der Waals surface area contributed by atoms with Crippen molar-refractivity contribution >= 4 is 11.9 Å². The minimum atomic E-state index is -1.18. The summed E-state index contributed by atoms with van der Waals surface area (Å²) in [6.45, 7) is 1.42. The van der Waals surface area contributed by atoms with Crippen molar-refractivity contribution in [1.29, 1.82) is 0 Å². The van der Waals surface area contributed by atoms with Gasteiger partial charge in [-0.25, -0.2) is 4.57 Å². The fourth-order valence-electron chi connectivity index (χ4n) is 0.987. The van der Waals surface area contributed by atoms with Gasteiger partial charge in [0, 0.05) is 6.92 Å². The number of aromatic nitrogens is 3. The van der Waals surface area contributed by atoms with Crippen LogP contribution in [0.4, 0.5) is 5.95 Å². The second-order valence-corrected chi connectivity index (χ2v) is 2.49. The number of nitrogens with two attached hydrogens (primary N) is 1. The van der Waals surface area contributed by atoms with E-state index in [2.05, 4.69) is 5.10 Å². The Kier molecular flexibility index (Phi) is 8.08. The van der Waals surface area contributed by atoms with Crippen molar-refractivity contribution in [2.45, 2.75) is 13.5 Å². The molecule has 2 N–H and O–H groups in total. The second kappa shape index (κ2) is 6.75. The van der Waals surface area contributed by atoms with E-state index >= 15 is 0 Å². The van der Waals surface area contributed by atoms with Crippen molar-refractivity contribution < 1.29 is 78.3 Å². The molecule has 0 radical (unpaired) electrons. The molecule has 1 aromatic heterocycles. The first-order valence-corrected chi connectivity index (χ1v) is 3.41. The van der Waals surface area contributed by atoms with Gasteiger partial charge in [0.2, 0.25) is 5.82 Å². The zero-order valence-corrected chi connectivity index (χ0v) is 12.2. The molecule has 14 heavy (non-hydrogen) atoms. The molecular weight excluding hydrogens is 235 g/mol. The molecule has 0 bridgehead atoms. The summed E-state index contributed by atoms with van der Waals surface area (Å²) in [5.41, 5.74) is 5.52. The van der Waals surface area contributed by atoms with E-state index in [9.17, 15) is 9.90 Å². The summed E-state index contributed by atoms with van der Waals surface area (Å²) in [7, 11) is 1.65. The average Bonchev–Trinajstić information content (AvgIpc) is 2.16. The smallest absolute Gasteiger partial charge is 1.00 e. The first kappa shape index (κ1) is 16.8. The molecule has 0 aliphatic heterocycles. The van der Waals surface area contributed by atoms with Gasteiger partial charge in [0.15, 0.2) is 0 Å². The predicted molar refractivity (Wildman–Crippen MR) is 37.6 cm³/mol. The summed E-state index contributed by atoms with van der Waals surface area (Å²) in [4.78, 5) is 10.3. The summed E-state index contributed by atoms with van der Waals surface area (Å²) >= 11 is 0. The van der Waals surface area contributed by atoms with Crippen LogP contribution in [0.25, 0.3) is 0 Å². The second-order valence-electron chi connectivity index (χ2n) is 2.49. The van der Waals surface area contributed by atoms with E-state index in [-0.39, 0.29) is 70.3 Å². The quantitative estimate of drug-likeness (QED) is 0.414. The summed E-state index contributed by atoms with van der Waals surface area (Å²) in [5, 5.41) is 14.2. The zero-order chi connectivity index (χ0) is 9.30. The number of nitrogens with zero attached hydrogens (tertiary/aromatic N) is 3. The van der Waals surface area contributed by atoms with E-state index in [1.165, 1.54) is 9.25 Å². The van der Waals surface area contributed by atoms with Crippen molar-refractivity contribution in [2.75, 3.05) is 5.73 Å². The van der Waals surface area contributed by atoms with E-state index in [1.807, 2.05) is 0 Å². The maximum Gasteiger partial charge on any atom is 1.00 e. The molecule has 1 aromatic rings. The molecule has 1 heterocycles. The van der Waals surface area contributed by atoms with Crippen LogP contribution in [0.1, 0.15) is 5.82 Å². The number of hydrogen-bond donors (Lipinski definition) is 1. The number of rotatable bonds is 2. The van der Waals surface area contributed by atoms with Gasteiger partial charge in [-0.05, 0) is 5.10 Å². The van der Waals surface area contributed by atoms with Crippen molar-refractivity contribution in [3.05, 3.63) is 5.82 Å². The molecule has 74 valence electrons. The van der Waals surface area contributed by atoms with E-state index in [0.717, 1.165) is 0 Å². The normalized spacial score (nSPS) is 8.71. The van der Waals surface area contributed by atoms with Crippen LogP contribution in [-0.2, 0) is 18.4 Å². The van der Waals surface area contributed by atoms with Gasteiger partial charge in [-0.3, -0.25) is 0 Å². The minimum absolute atomic E-state index is 0. The molecule has 1 rings (SSSR count). The first-order valence-electron chi connectivity index (χ1n) is 3.41. The molecule has 6 nitrogen and oxygen atoms in total. The Labute approximate surface area is 130 Å². The predicted octanol–water partition coefficient (Wildman–Crippen LogP) is -8.64. The number of carboxylic acids is 1. The number of carboxylic acid groups (broad SMARTS) is 1. The van der Waals surface area contributed by atoms with E-state index < -0.39 is 5.97 Å². The molecule has 0 saturated heterocycles. The van der Waals surface area contributed by atoms with E-state index in [0.29, 0.717) is 11.8 Å². The number of aryl methyl sites for hydroxylation is 2. The van der Waals surface area contributed by atoms with Crippen LogP contribution >= 0.6 is 0 Å². The Morgan fingerprint density at radius 1 is 1.71 bits per heavy atom. The van der Waals surface area contributed by atoms with Crippen LogP contribution in [0, 0.1) is 6.92 Å². The third kappa shape index (κ3) is 3.83. The van der Waals surface area contributed by atoms with Crippen LogP contribution in [0.5, 0.6) is 0 Å². The van der Waals surface area contributed by atoms with Crippen LogP contribution in [0.2, 0.25) is 0 Å². The van der Waals surface area contributed by atoms with Gasteiger partial charge in [0.05, 0.1) is 13.0 Å². The van der Waals surface area contributed by atoms with Gasteiger partial charge >= 0.3 is 57.3 Å². The molecule has 0 atom stereocenters. The van der Waals surface area contributed by atoms with Gasteiger partial charge in [0.25, 0.3) is 0 Å². The molecule has 0 saturated carbocycles. The Balaban J connectivity index is 0. The number of carbonyl (C=O) groups is 1. The van der Waals surface area contributed by atoms with Crippen LogP contribution in [-0.4, -0.2) is 15.7 Å². The van der Waals surface area contributed by atoms with Gasteiger partial charge in [0.1, 0.15) is 6.54 Å². The first-order chi connectivity index (χ1) is 5.52. The van der Waals surface area contributed by atoms with Crippen molar-refractivity contribution in [2.24, 2.45) is 7.05 Å². The third-order valence-corrected chi connectivity index (χ3v) is 1.58. The molecular formula is C6H10ClKN4O2. The van der Waals surface area contributed by atoms with E-state index in [4.69, 9.17) is 5.73 Å². The van der Waals surface area contributed by atoms with Gasteiger partial charge in [-0.15, -0.1) is 4.68 Å². The monoisotopic (exact) mass is 244 g/mol. The summed E-state index contributed by atoms with van der Waals surface area (Å²) in [5.74, 6) is -0.321. The minimum Gasteiger partial charge on any atom is -1.00 e. The van der Waals surface area contributed by atoms with Gasteiger partial charge in [-0.2, -0.15) is 0 Å². The van der Waals surface area contributed by atoms with Crippen molar-refractivity contribution in [3.8, 4) is 0 Å². The summed E-state index contributed by atoms with van der Waals surface area (Å²) < 4.78 is 2.79. The molecule has 8 heteroatoms. The zero-order valence-electron chi connectivity index (χ0n) is 8.32. The van der Waals surface area contributed by atoms with Gasteiger partial charge in [-0.1, -0.05) is 0 Å². The van der Waals surface area contributed by atoms with Gasteiger partial charge < -0.3 is 28.0 Å². The number of carbonyl (C=O) groups excluding carboxylic acids is 1. The maximum atomic E-state index is 10.3. The average molecular weight is 245 g/mol. The van der Waals surface area contributed by atoms with Crippen LogP contribution < -0.4 is 79.2 Å². The fourth-order valence-corrected chi connectivity index (χ4v) is 0.987. The van der Waals surface area contributed by atoms with Crippen molar-refractivity contribution in [1.82, 2.24) is 9.78 Å². The molecule has 0 aromatic carbocycles. The molecule has 0 aliphatic rings. The SMILES string of the molecule is Cc1nn(C)c(N)[n+]1CC(=O)[O-].[Cl-].[K+]. The number of hydrogen-bond acceptors (Lipinski definition) is 4. The standard InChI is InChI=1S/C6H10N4O2.ClH.K/c1-4-8-9(2)6(7)10(4)3-5(11)12;;/h7H,3H2,1-2H3,(H,11,12);1H;/q;;+1/p-1. The molecule has 0 fully saturated rings. The van der Waals surface area contributed by atoms with Crippen molar-refractivity contribution in [3.63, 3.8) is 0 Å². The Hall–Kier alpha value is 0.336. The fraction of sp³-hybridized carbons (Fsp3) is 0.500. The molecule has 0 unspecified atom stereocenters. The van der Waals surface area contributed by atoms with E-state index in [1.54, 1.807) is 14.0 Å². The number of nitrogen functional groups attached to an aromatic ring is 1. The number of aliphatic carboxylic acids is 1. The number of halogens is 1. The molecule has 0 spiro atoms. The van der Waals surface area contributed by atoms with Crippen LogP contribution in [0.3, 0.4) is 0 Å². The topological polar surface area (TPSA) is 87.9 Å². The maximum absolute atomic E-state index is 10.3. The Morgan fingerprint density at radius 2 is 2.21 bits per heavy atom. The Bertz CT molecular complexity index is 328. The molecule has 0 amide bonds. The summed E-state index contributed by atoms with van der Waals surface area (Å²) in [6.07, 6.45) is 0.